The number of benzene rings is 1. The van der Waals surface area contributed by atoms with Gasteiger partial charge in [-0.3, -0.25) is 4.79 Å². The molecule has 2 aromatic rings. The maximum Gasteiger partial charge on any atom is 0.242 e. The highest BCUT2D eigenvalue weighted by atomic mass is 35.5. The molecule has 1 aromatic carbocycles. The minimum atomic E-state index is -0.324. The first-order chi connectivity index (χ1) is 9.85. The summed E-state index contributed by atoms with van der Waals surface area (Å²) in [4.78, 5) is 18.3. The molecule has 114 valence electrons. The lowest BCUT2D eigenvalue weighted by Gasteiger charge is -2.17. The lowest BCUT2D eigenvalue weighted by molar-refractivity contribution is -0.130. The first kappa shape index (κ1) is 16.4. The largest absolute Gasteiger partial charge is 0.344 e. The number of aromatic nitrogens is 2. The van der Waals surface area contributed by atoms with Gasteiger partial charge in [-0.25, -0.2) is 4.98 Å². The number of hydrogen-bond acceptors (Lipinski definition) is 2. The molecule has 0 aliphatic heterocycles. The van der Waals surface area contributed by atoms with Gasteiger partial charge < -0.3 is 9.47 Å². The van der Waals surface area contributed by atoms with Crippen LogP contribution in [0.3, 0.4) is 0 Å². The number of halogens is 3. The van der Waals surface area contributed by atoms with Crippen molar-refractivity contribution in [3.8, 4) is 0 Å². The van der Waals surface area contributed by atoms with E-state index in [0.717, 1.165) is 5.52 Å². The number of alkyl halides is 1. The summed E-state index contributed by atoms with van der Waals surface area (Å²) in [6, 6.07) is 3.40. The molecular formula is C14H16Cl3N3O. The van der Waals surface area contributed by atoms with Gasteiger partial charge in [0.15, 0.2) is 0 Å². The molecule has 0 N–H and O–H groups in total. The van der Waals surface area contributed by atoms with Crippen molar-refractivity contribution >= 4 is 51.7 Å². The maximum atomic E-state index is 12.2. The standard InChI is InChI=1S/C14H16Cl3N3O/c1-4-19(3)13(21)7-20-12-6-10(17)9(16)5-11(12)18-14(20)8(2)15/h5-6,8H,4,7H2,1-3H3. The molecule has 7 heteroatoms. The van der Waals surface area contributed by atoms with Crippen LogP contribution in [0, 0.1) is 0 Å². The summed E-state index contributed by atoms with van der Waals surface area (Å²) in [5.41, 5.74) is 1.43. The van der Waals surface area contributed by atoms with Crippen LogP contribution in [0.2, 0.25) is 10.0 Å². The van der Waals surface area contributed by atoms with E-state index in [-0.39, 0.29) is 17.8 Å². The molecule has 1 atom stereocenters. The quantitative estimate of drug-likeness (QED) is 0.779. The Kier molecular flexibility index (Phi) is 5.02. The molecule has 0 aliphatic carbocycles. The number of nitrogens with zero attached hydrogens (tertiary/aromatic N) is 3. The Morgan fingerprint density at radius 2 is 2.00 bits per heavy atom. The van der Waals surface area contributed by atoms with Gasteiger partial charge in [0.2, 0.25) is 5.91 Å². The van der Waals surface area contributed by atoms with Crippen LogP contribution in [-0.2, 0) is 11.3 Å². The predicted octanol–water partition coefficient (Wildman–Crippen LogP) is 4.12. The third kappa shape index (κ3) is 3.28. The van der Waals surface area contributed by atoms with Crippen LogP contribution in [-0.4, -0.2) is 34.0 Å². The van der Waals surface area contributed by atoms with Crippen LogP contribution in [0.5, 0.6) is 0 Å². The number of likely N-dealkylation sites (N-methyl/N-ethyl adjacent to an activating group) is 1. The monoisotopic (exact) mass is 347 g/mol. The molecule has 0 fully saturated rings. The van der Waals surface area contributed by atoms with Crippen LogP contribution < -0.4 is 0 Å². The van der Waals surface area contributed by atoms with Gasteiger partial charge in [0.05, 0.1) is 26.5 Å². The zero-order valence-corrected chi connectivity index (χ0v) is 14.3. The van der Waals surface area contributed by atoms with Crippen molar-refractivity contribution in [1.82, 2.24) is 14.5 Å². The minimum absolute atomic E-state index is 0.0126. The third-order valence-electron chi connectivity index (χ3n) is 3.37. The van der Waals surface area contributed by atoms with Gasteiger partial charge >= 0.3 is 0 Å². The summed E-state index contributed by atoms with van der Waals surface area (Å²) >= 11 is 18.3. The average Bonchev–Trinajstić information content (AvgIpc) is 2.76. The van der Waals surface area contributed by atoms with Crippen LogP contribution in [0.15, 0.2) is 12.1 Å². The fraction of sp³-hybridized carbons (Fsp3) is 0.429. The third-order valence-corrected chi connectivity index (χ3v) is 4.29. The molecule has 1 amide bonds. The summed E-state index contributed by atoms with van der Waals surface area (Å²) in [6.45, 7) is 4.55. The van der Waals surface area contributed by atoms with E-state index >= 15 is 0 Å². The molecule has 1 unspecified atom stereocenters. The zero-order chi connectivity index (χ0) is 15.7. The van der Waals surface area contributed by atoms with E-state index < -0.39 is 0 Å². The Bertz CT molecular complexity index is 682. The Labute approximate surface area is 138 Å². The van der Waals surface area contributed by atoms with Gasteiger partial charge in [-0.05, 0) is 26.0 Å². The van der Waals surface area contributed by atoms with Gasteiger partial charge in [-0.2, -0.15) is 0 Å². The molecule has 0 aliphatic rings. The number of hydrogen-bond donors (Lipinski definition) is 0. The van der Waals surface area contributed by atoms with Crippen molar-refractivity contribution in [1.29, 1.82) is 0 Å². The van der Waals surface area contributed by atoms with Gasteiger partial charge in [-0.15, -0.1) is 11.6 Å². The van der Waals surface area contributed by atoms with Crippen molar-refractivity contribution in [2.24, 2.45) is 0 Å². The van der Waals surface area contributed by atoms with Crippen molar-refractivity contribution in [2.75, 3.05) is 13.6 Å². The highest BCUT2D eigenvalue weighted by Gasteiger charge is 2.19. The van der Waals surface area contributed by atoms with E-state index in [1.165, 1.54) is 0 Å². The van der Waals surface area contributed by atoms with Gasteiger partial charge in [0, 0.05) is 13.6 Å². The summed E-state index contributed by atoms with van der Waals surface area (Å²) in [7, 11) is 1.76. The van der Waals surface area contributed by atoms with Crippen molar-refractivity contribution in [3.05, 3.63) is 28.0 Å². The van der Waals surface area contributed by atoms with E-state index in [0.29, 0.717) is 27.9 Å². The average molecular weight is 349 g/mol. The van der Waals surface area contributed by atoms with Crippen LogP contribution in [0.1, 0.15) is 25.0 Å². The van der Waals surface area contributed by atoms with Crippen molar-refractivity contribution in [2.45, 2.75) is 25.8 Å². The Morgan fingerprint density at radius 1 is 1.38 bits per heavy atom. The topological polar surface area (TPSA) is 38.1 Å². The lowest BCUT2D eigenvalue weighted by atomic mass is 10.3. The van der Waals surface area contributed by atoms with Gasteiger partial charge in [-0.1, -0.05) is 23.2 Å². The van der Waals surface area contributed by atoms with Gasteiger partial charge in [0.1, 0.15) is 12.4 Å². The first-order valence-corrected chi connectivity index (χ1v) is 7.77. The second kappa shape index (κ2) is 6.42. The van der Waals surface area contributed by atoms with Crippen molar-refractivity contribution < 1.29 is 4.79 Å². The number of amides is 1. The SMILES string of the molecule is CCN(C)C(=O)Cn1c(C(C)Cl)nc2cc(Cl)c(Cl)cc21. The van der Waals surface area contributed by atoms with Gasteiger partial charge in [0.25, 0.3) is 0 Å². The van der Waals surface area contributed by atoms with Crippen molar-refractivity contribution in [3.63, 3.8) is 0 Å². The fourth-order valence-electron chi connectivity index (χ4n) is 2.04. The van der Waals surface area contributed by atoms with E-state index in [1.807, 2.05) is 13.8 Å². The summed E-state index contributed by atoms with van der Waals surface area (Å²) in [6.07, 6.45) is 0. The highest BCUT2D eigenvalue weighted by molar-refractivity contribution is 6.42. The molecule has 0 bridgehead atoms. The Hall–Kier alpha value is -0.970. The molecule has 0 saturated heterocycles. The molecule has 0 saturated carbocycles. The maximum absolute atomic E-state index is 12.2. The molecule has 1 aromatic heterocycles. The normalized spacial score (nSPS) is 12.7. The van der Waals surface area contributed by atoms with E-state index in [2.05, 4.69) is 4.98 Å². The van der Waals surface area contributed by atoms with E-state index in [4.69, 9.17) is 34.8 Å². The lowest BCUT2D eigenvalue weighted by Crippen LogP contribution is -2.30. The Morgan fingerprint density at radius 3 is 2.57 bits per heavy atom. The molecule has 0 radical (unpaired) electrons. The van der Waals surface area contributed by atoms with Crippen LogP contribution in [0.4, 0.5) is 0 Å². The van der Waals surface area contributed by atoms with E-state index in [9.17, 15) is 4.79 Å². The molecule has 2 rings (SSSR count). The summed E-state index contributed by atoms with van der Waals surface area (Å²) in [5, 5.41) is 0.532. The number of rotatable bonds is 4. The number of imidazole rings is 1. The highest BCUT2D eigenvalue weighted by Crippen LogP contribution is 2.31. The second-order valence-corrected chi connectivity index (χ2v) is 6.30. The fourth-order valence-corrected chi connectivity index (χ4v) is 2.52. The second-order valence-electron chi connectivity index (χ2n) is 4.84. The number of carbonyl (C=O) groups is 1. The zero-order valence-electron chi connectivity index (χ0n) is 12.0. The van der Waals surface area contributed by atoms with Crippen LogP contribution in [0.25, 0.3) is 11.0 Å². The van der Waals surface area contributed by atoms with Crippen LogP contribution >= 0.6 is 34.8 Å². The predicted molar refractivity (Wildman–Crippen MR) is 87.3 cm³/mol. The smallest absolute Gasteiger partial charge is 0.242 e. The summed E-state index contributed by atoms with van der Waals surface area (Å²) < 4.78 is 1.80. The molecular weight excluding hydrogens is 333 g/mol. The Balaban J connectivity index is 2.56. The van der Waals surface area contributed by atoms with E-state index in [1.54, 1.807) is 28.6 Å². The first-order valence-electron chi connectivity index (χ1n) is 6.58. The number of carbonyl (C=O) groups excluding carboxylic acids is 1. The summed E-state index contributed by atoms with van der Waals surface area (Å²) in [5.74, 6) is 0.615. The molecule has 0 spiro atoms. The number of fused-ring (bicyclic) bond motifs is 1. The minimum Gasteiger partial charge on any atom is -0.344 e. The molecule has 1 heterocycles. The molecule has 4 nitrogen and oxygen atoms in total. The molecule has 21 heavy (non-hydrogen) atoms.